The van der Waals surface area contributed by atoms with Crippen LogP contribution in [0.5, 0.6) is 0 Å². The molecule has 1 aromatic heterocycles. The summed E-state index contributed by atoms with van der Waals surface area (Å²) in [6.07, 6.45) is 1.87. The normalized spacial score (nSPS) is 10.2. The van der Waals surface area contributed by atoms with E-state index in [0.717, 1.165) is 23.1 Å². The molecule has 0 amide bonds. The van der Waals surface area contributed by atoms with E-state index >= 15 is 0 Å². The second kappa shape index (κ2) is 5.60. The maximum Gasteiger partial charge on any atom is 0.104 e. The van der Waals surface area contributed by atoms with Crippen LogP contribution in [0.1, 0.15) is 11.1 Å². The number of aliphatic hydroxyl groups excluding tert-OH is 1. The van der Waals surface area contributed by atoms with Crippen molar-refractivity contribution < 1.29 is 5.11 Å². The van der Waals surface area contributed by atoms with Gasteiger partial charge in [-0.25, -0.2) is 4.98 Å². The quantitative estimate of drug-likeness (QED) is 0.720. The van der Waals surface area contributed by atoms with Gasteiger partial charge in [0, 0.05) is 12.1 Å². The lowest BCUT2D eigenvalue weighted by molar-refractivity contribution is 0.350. The number of hydrogen-bond acceptors (Lipinski definition) is 2. The predicted molar refractivity (Wildman–Crippen MR) is 79.2 cm³/mol. The van der Waals surface area contributed by atoms with Crippen molar-refractivity contribution in [3.63, 3.8) is 0 Å². The average molecular weight is 262 g/mol. The molecule has 0 spiro atoms. The van der Waals surface area contributed by atoms with Gasteiger partial charge in [-0.2, -0.15) is 0 Å². The maximum atomic E-state index is 8.67. The van der Waals surface area contributed by atoms with Gasteiger partial charge in [0.1, 0.15) is 6.61 Å². The number of para-hydroxylation sites is 2. The molecule has 98 valence electrons. The highest BCUT2D eigenvalue weighted by molar-refractivity contribution is 5.75. The van der Waals surface area contributed by atoms with Crippen LogP contribution in [0.25, 0.3) is 11.0 Å². The number of aliphatic hydroxyl groups is 1. The van der Waals surface area contributed by atoms with E-state index in [9.17, 15) is 0 Å². The molecule has 0 aliphatic carbocycles. The monoisotopic (exact) mass is 262 g/mol. The number of aromatic nitrogens is 2. The fourth-order valence-electron chi connectivity index (χ4n) is 2.17. The Morgan fingerprint density at radius 3 is 2.65 bits per heavy atom. The molecule has 0 aliphatic rings. The molecule has 0 radical (unpaired) electrons. The molecule has 3 rings (SSSR count). The third-order valence-corrected chi connectivity index (χ3v) is 3.15. The lowest BCUT2D eigenvalue weighted by Crippen LogP contribution is -1.97. The number of benzene rings is 2. The Bertz CT molecular complexity index is 776. The van der Waals surface area contributed by atoms with Crippen molar-refractivity contribution in [3.8, 4) is 11.8 Å². The van der Waals surface area contributed by atoms with E-state index in [1.807, 2.05) is 36.7 Å². The highest BCUT2D eigenvalue weighted by atomic mass is 16.2. The third-order valence-electron chi connectivity index (χ3n) is 3.15. The molecule has 0 bridgehead atoms. The van der Waals surface area contributed by atoms with Crippen LogP contribution in [0.2, 0.25) is 0 Å². The molecule has 0 fully saturated rings. The summed E-state index contributed by atoms with van der Waals surface area (Å²) >= 11 is 0. The summed E-state index contributed by atoms with van der Waals surface area (Å²) < 4.78 is 2.13. The maximum absolute atomic E-state index is 8.67. The largest absolute Gasteiger partial charge is 0.384 e. The molecule has 1 heterocycles. The lowest BCUT2D eigenvalue weighted by Gasteiger charge is -2.04. The van der Waals surface area contributed by atoms with E-state index < -0.39 is 0 Å². The minimum Gasteiger partial charge on any atom is -0.384 e. The number of nitrogens with zero attached hydrogens (tertiary/aromatic N) is 2. The van der Waals surface area contributed by atoms with Crippen molar-refractivity contribution in [2.24, 2.45) is 0 Å². The Balaban J connectivity index is 1.84. The molecule has 1 N–H and O–H groups in total. The molecule has 0 atom stereocenters. The van der Waals surface area contributed by atoms with Gasteiger partial charge in [0.05, 0.1) is 17.4 Å². The van der Waals surface area contributed by atoms with Crippen LogP contribution in [0.4, 0.5) is 0 Å². The Morgan fingerprint density at radius 2 is 1.85 bits per heavy atom. The zero-order valence-corrected chi connectivity index (χ0v) is 11.0. The molecule has 0 aliphatic heterocycles. The zero-order valence-electron chi connectivity index (χ0n) is 11.0. The van der Waals surface area contributed by atoms with E-state index in [-0.39, 0.29) is 6.61 Å². The Kier molecular flexibility index (Phi) is 3.49. The van der Waals surface area contributed by atoms with Crippen molar-refractivity contribution in [1.29, 1.82) is 0 Å². The minimum absolute atomic E-state index is 0.108. The first-order chi connectivity index (χ1) is 9.86. The number of rotatable bonds is 2. The Morgan fingerprint density at radius 1 is 1.05 bits per heavy atom. The molecular formula is C17H14N2O. The van der Waals surface area contributed by atoms with Gasteiger partial charge in [-0.3, -0.25) is 0 Å². The third kappa shape index (κ3) is 2.56. The van der Waals surface area contributed by atoms with E-state index in [4.69, 9.17) is 5.11 Å². The average Bonchev–Trinajstić information content (AvgIpc) is 2.90. The van der Waals surface area contributed by atoms with E-state index in [1.165, 1.54) is 5.56 Å². The van der Waals surface area contributed by atoms with Crippen LogP contribution in [0.15, 0.2) is 54.9 Å². The molecule has 3 nitrogen and oxygen atoms in total. The Hall–Kier alpha value is -2.57. The van der Waals surface area contributed by atoms with Gasteiger partial charge < -0.3 is 9.67 Å². The highest BCUT2D eigenvalue weighted by Crippen LogP contribution is 2.14. The smallest absolute Gasteiger partial charge is 0.104 e. The molecular weight excluding hydrogens is 248 g/mol. The minimum atomic E-state index is -0.108. The van der Waals surface area contributed by atoms with Crippen molar-refractivity contribution in [2.75, 3.05) is 6.61 Å². The van der Waals surface area contributed by atoms with Gasteiger partial charge in [0.15, 0.2) is 0 Å². The first-order valence-electron chi connectivity index (χ1n) is 6.45. The summed E-state index contributed by atoms with van der Waals surface area (Å²) in [5.41, 5.74) is 4.26. The van der Waals surface area contributed by atoms with Crippen LogP contribution in [0.3, 0.4) is 0 Å². The highest BCUT2D eigenvalue weighted by Gasteiger charge is 2.02. The van der Waals surface area contributed by atoms with Gasteiger partial charge >= 0.3 is 0 Å². The zero-order chi connectivity index (χ0) is 13.8. The molecule has 2 aromatic carbocycles. The van der Waals surface area contributed by atoms with Crippen LogP contribution < -0.4 is 0 Å². The van der Waals surface area contributed by atoms with Crippen molar-refractivity contribution in [1.82, 2.24) is 9.55 Å². The number of hydrogen-bond donors (Lipinski definition) is 1. The van der Waals surface area contributed by atoms with Crippen molar-refractivity contribution in [3.05, 3.63) is 66.0 Å². The summed E-state index contributed by atoms with van der Waals surface area (Å²) in [5, 5.41) is 8.67. The van der Waals surface area contributed by atoms with E-state index in [2.05, 4.69) is 39.6 Å². The summed E-state index contributed by atoms with van der Waals surface area (Å²) in [5.74, 6) is 5.53. The second-order valence-corrected chi connectivity index (χ2v) is 4.52. The SMILES string of the molecule is OCC#Cc1ccc(Cn2cnc3ccccc32)cc1. The van der Waals surface area contributed by atoms with Crippen LogP contribution >= 0.6 is 0 Å². The molecule has 3 heteroatoms. The van der Waals surface area contributed by atoms with Crippen LogP contribution in [0, 0.1) is 11.8 Å². The Labute approximate surface area is 117 Å². The first-order valence-corrected chi connectivity index (χ1v) is 6.45. The first kappa shape index (κ1) is 12.5. The predicted octanol–water partition coefficient (Wildman–Crippen LogP) is 2.43. The molecule has 20 heavy (non-hydrogen) atoms. The van der Waals surface area contributed by atoms with Gasteiger partial charge in [0.2, 0.25) is 0 Å². The summed E-state index contributed by atoms with van der Waals surface area (Å²) in [7, 11) is 0. The molecule has 3 aromatic rings. The summed E-state index contributed by atoms with van der Waals surface area (Å²) in [4.78, 5) is 4.39. The lowest BCUT2D eigenvalue weighted by atomic mass is 10.1. The van der Waals surface area contributed by atoms with E-state index in [1.54, 1.807) is 0 Å². The van der Waals surface area contributed by atoms with Crippen LogP contribution in [-0.4, -0.2) is 21.3 Å². The van der Waals surface area contributed by atoms with Gasteiger partial charge in [-0.1, -0.05) is 36.1 Å². The molecule has 0 saturated carbocycles. The second-order valence-electron chi connectivity index (χ2n) is 4.52. The number of fused-ring (bicyclic) bond motifs is 1. The van der Waals surface area contributed by atoms with Crippen molar-refractivity contribution in [2.45, 2.75) is 6.54 Å². The van der Waals surface area contributed by atoms with Crippen molar-refractivity contribution >= 4 is 11.0 Å². The van der Waals surface area contributed by atoms with Gasteiger partial charge in [-0.05, 0) is 29.8 Å². The fraction of sp³-hybridized carbons (Fsp3) is 0.118. The fourth-order valence-corrected chi connectivity index (χ4v) is 2.17. The summed E-state index contributed by atoms with van der Waals surface area (Å²) in [6, 6.07) is 16.1. The molecule has 0 saturated heterocycles. The number of imidazole rings is 1. The standard InChI is InChI=1S/C17H14N2O/c20-11-3-4-14-7-9-15(10-8-14)12-19-13-18-16-5-1-2-6-17(16)19/h1-2,5-10,13,20H,11-12H2. The summed E-state index contributed by atoms with van der Waals surface area (Å²) in [6.45, 7) is 0.678. The van der Waals surface area contributed by atoms with Crippen LogP contribution in [-0.2, 0) is 6.54 Å². The van der Waals surface area contributed by atoms with Gasteiger partial charge in [0.25, 0.3) is 0 Å². The topological polar surface area (TPSA) is 38.0 Å². The molecule has 0 unspecified atom stereocenters. The van der Waals surface area contributed by atoms with Gasteiger partial charge in [-0.15, -0.1) is 0 Å². The van der Waals surface area contributed by atoms with E-state index in [0.29, 0.717) is 0 Å².